The Bertz CT molecular complexity index is 709. The smallest absolute Gasteiger partial charge is 0.420 e. The van der Waals surface area contributed by atoms with E-state index in [1.807, 2.05) is 6.92 Å². The molecule has 0 aliphatic heterocycles. The zero-order valence-electron chi connectivity index (χ0n) is 16.2. The highest BCUT2D eigenvalue weighted by atomic mass is 19.1. The summed E-state index contributed by atoms with van der Waals surface area (Å²) in [6.45, 7) is 1.84. The monoisotopic (exact) mass is 401 g/mol. The molecule has 9 nitrogen and oxygen atoms in total. The number of esters is 1. The minimum atomic E-state index is -1.72. The lowest BCUT2D eigenvalue weighted by molar-refractivity contribution is -0.145. The fourth-order valence-corrected chi connectivity index (χ4v) is 2.39. The number of hydrogen-bond donors (Lipinski definition) is 1. The van der Waals surface area contributed by atoms with E-state index >= 15 is 0 Å². The second-order valence-corrected chi connectivity index (χ2v) is 5.66. The summed E-state index contributed by atoms with van der Waals surface area (Å²) in [5.41, 5.74) is -0.0688. The van der Waals surface area contributed by atoms with E-state index in [9.17, 15) is 23.9 Å². The normalized spacial score (nSPS) is 11.3. The van der Waals surface area contributed by atoms with E-state index in [1.54, 1.807) is 0 Å². The number of unbranched alkanes of at least 4 members (excludes halogenated alkanes) is 1. The Hall–Kier alpha value is -3.04. The Morgan fingerprint density at radius 3 is 2.25 bits per heavy atom. The number of nitrogens with zero attached hydrogens (tertiary/aromatic N) is 1. The van der Waals surface area contributed by atoms with E-state index in [-0.39, 0.29) is 28.6 Å². The molecule has 0 heterocycles. The number of ether oxygens (including phenoxy) is 4. The van der Waals surface area contributed by atoms with Crippen molar-refractivity contribution < 1.29 is 42.8 Å². The Morgan fingerprint density at radius 1 is 1.14 bits per heavy atom. The van der Waals surface area contributed by atoms with E-state index in [1.165, 1.54) is 20.3 Å². The second kappa shape index (κ2) is 11.0. The van der Waals surface area contributed by atoms with Crippen molar-refractivity contribution in [1.29, 1.82) is 0 Å². The summed E-state index contributed by atoms with van der Waals surface area (Å²) in [5.74, 6) is -1.51. The van der Waals surface area contributed by atoms with Gasteiger partial charge in [-0.15, -0.1) is 0 Å². The Balaban J connectivity index is 3.24. The fourth-order valence-electron chi connectivity index (χ4n) is 2.39. The lowest BCUT2D eigenvalue weighted by Crippen LogP contribution is -2.50. The number of hydrogen-bond acceptors (Lipinski definition) is 7. The number of benzene rings is 1. The van der Waals surface area contributed by atoms with Gasteiger partial charge in [0, 0.05) is 12.5 Å². The molecule has 0 aromatic heterocycles. The molecule has 0 fully saturated rings. The average molecular weight is 401 g/mol. The van der Waals surface area contributed by atoms with Gasteiger partial charge in [-0.3, -0.25) is 0 Å². The van der Waals surface area contributed by atoms with Crippen molar-refractivity contribution in [3.63, 3.8) is 0 Å². The average Bonchev–Trinajstić information content (AvgIpc) is 2.67. The van der Waals surface area contributed by atoms with Crippen molar-refractivity contribution >= 4 is 18.2 Å². The molecule has 1 unspecified atom stereocenters. The van der Waals surface area contributed by atoms with Crippen molar-refractivity contribution in [2.24, 2.45) is 0 Å². The molecule has 1 N–H and O–H groups in total. The first kappa shape index (κ1) is 23.0. The third kappa shape index (κ3) is 5.73. The van der Waals surface area contributed by atoms with Gasteiger partial charge in [-0.2, -0.15) is 4.90 Å². The predicted octanol–water partition coefficient (Wildman–Crippen LogP) is 2.84. The van der Waals surface area contributed by atoms with Crippen LogP contribution in [0.5, 0.6) is 11.5 Å². The number of amides is 2. The van der Waals surface area contributed by atoms with Gasteiger partial charge in [0.05, 0.1) is 27.9 Å². The summed E-state index contributed by atoms with van der Waals surface area (Å²) in [6, 6.07) is 0.643. The molecule has 1 rings (SSSR count). The molecule has 0 radical (unpaired) electrons. The number of methoxy groups -OCH3 is 3. The minimum absolute atomic E-state index is 0.0161. The SMILES string of the molecule is CCCCOC(=O)N(C(=O)O)C(Cc1cc(OC)c(OC)cc1F)C(=O)OC. The maximum Gasteiger partial charge on any atom is 0.420 e. The molecule has 1 atom stereocenters. The Morgan fingerprint density at radius 2 is 1.75 bits per heavy atom. The largest absolute Gasteiger partial charge is 0.493 e. The molecular formula is C18H24FNO8. The third-order valence-corrected chi connectivity index (χ3v) is 3.88. The number of halogens is 1. The van der Waals surface area contributed by atoms with Gasteiger partial charge >= 0.3 is 18.2 Å². The maximum atomic E-state index is 14.4. The lowest BCUT2D eigenvalue weighted by Gasteiger charge is -2.25. The van der Waals surface area contributed by atoms with Gasteiger partial charge in [0.2, 0.25) is 0 Å². The zero-order chi connectivity index (χ0) is 21.3. The summed E-state index contributed by atoms with van der Waals surface area (Å²) >= 11 is 0. The third-order valence-electron chi connectivity index (χ3n) is 3.88. The van der Waals surface area contributed by atoms with Gasteiger partial charge in [0.1, 0.15) is 11.9 Å². The topological polar surface area (TPSA) is 112 Å². The first-order valence-electron chi connectivity index (χ1n) is 8.47. The molecule has 0 saturated carbocycles. The molecule has 0 aliphatic rings. The number of rotatable bonds is 9. The Kier molecular flexibility index (Phi) is 9.00. The van der Waals surface area contributed by atoms with Crippen molar-refractivity contribution in [3.05, 3.63) is 23.5 Å². The molecule has 1 aromatic rings. The highest BCUT2D eigenvalue weighted by Gasteiger charge is 2.38. The summed E-state index contributed by atoms with van der Waals surface area (Å²) in [7, 11) is 3.70. The van der Waals surface area contributed by atoms with Gasteiger partial charge in [-0.25, -0.2) is 18.8 Å². The van der Waals surface area contributed by atoms with Crippen LogP contribution in [0, 0.1) is 5.82 Å². The molecule has 2 amide bonds. The van der Waals surface area contributed by atoms with Crippen LogP contribution in [-0.4, -0.2) is 62.1 Å². The van der Waals surface area contributed by atoms with Crippen LogP contribution in [-0.2, 0) is 20.7 Å². The van der Waals surface area contributed by atoms with Crippen molar-refractivity contribution in [2.75, 3.05) is 27.9 Å². The van der Waals surface area contributed by atoms with E-state index in [4.69, 9.17) is 14.2 Å². The van der Waals surface area contributed by atoms with E-state index < -0.39 is 36.4 Å². The van der Waals surface area contributed by atoms with Crippen LogP contribution in [0.1, 0.15) is 25.3 Å². The number of carboxylic acid groups (broad SMARTS) is 1. The minimum Gasteiger partial charge on any atom is -0.493 e. The fraction of sp³-hybridized carbons (Fsp3) is 0.500. The first-order chi connectivity index (χ1) is 13.3. The zero-order valence-corrected chi connectivity index (χ0v) is 16.2. The Labute approximate surface area is 161 Å². The van der Waals surface area contributed by atoms with Crippen molar-refractivity contribution in [1.82, 2.24) is 4.90 Å². The summed E-state index contributed by atoms with van der Waals surface area (Å²) in [4.78, 5) is 36.2. The number of carbonyl (C=O) groups excluding carboxylic acids is 2. The molecule has 0 bridgehead atoms. The lowest BCUT2D eigenvalue weighted by atomic mass is 10.0. The van der Waals surface area contributed by atoms with Gasteiger partial charge in [0.15, 0.2) is 11.5 Å². The van der Waals surface area contributed by atoms with Gasteiger partial charge in [0.25, 0.3) is 0 Å². The highest BCUT2D eigenvalue weighted by molar-refractivity contribution is 5.93. The van der Waals surface area contributed by atoms with E-state index in [2.05, 4.69) is 4.74 Å². The van der Waals surface area contributed by atoms with Crippen LogP contribution >= 0.6 is 0 Å². The molecule has 0 saturated heterocycles. The maximum absolute atomic E-state index is 14.4. The quantitative estimate of drug-likeness (QED) is 0.497. The van der Waals surface area contributed by atoms with Gasteiger partial charge < -0.3 is 24.1 Å². The second-order valence-electron chi connectivity index (χ2n) is 5.66. The number of carbonyl (C=O) groups is 3. The van der Waals surface area contributed by atoms with Crippen LogP contribution in [0.3, 0.4) is 0 Å². The molecule has 1 aromatic carbocycles. The van der Waals surface area contributed by atoms with Gasteiger partial charge in [-0.1, -0.05) is 13.3 Å². The van der Waals surface area contributed by atoms with Crippen molar-refractivity contribution in [2.45, 2.75) is 32.2 Å². The van der Waals surface area contributed by atoms with Gasteiger partial charge in [-0.05, 0) is 18.1 Å². The first-order valence-corrected chi connectivity index (χ1v) is 8.47. The molecule has 10 heteroatoms. The van der Waals surface area contributed by atoms with Crippen molar-refractivity contribution in [3.8, 4) is 11.5 Å². The van der Waals surface area contributed by atoms with Crippen LogP contribution < -0.4 is 9.47 Å². The van der Waals surface area contributed by atoms with Crippen LogP contribution in [0.4, 0.5) is 14.0 Å². The predicted molar refractivity (Wildman–Crippen MR) is 95.1 cm³/mol. The van der Waals surface area contributed by atoms with E-state index in [0.29, 0.717) is 6.42 Å². The van der Waals surface area contributed by atoms with Crippen LogP contribution in [0.15, 0.2) is 12.1 Å². The molecule has 0 spiro atoms. The summed E-state index contributed by atoms with van der Waals surface area (Å²) < 4.78 is 34.0. The highest BCUT2D eigenvalue weighted by Crippen LogP contribution is 2.31. The van der Waals surface area contributed by atoms with E-state index in [0.717, 1.165) is 19.6 Å². The standard InChI is InChI=1S/C18H24FNO8/c1-5-6-7-28-18(24)20(17(22)23)13(16(21)27-4)8-11-9-14(25-2)15(26-3)10-12(11)19/h9-10,13H,5-8H2,1-4H3,(H,22,23). The molecular weight excluding hydrogens is 377 g/mol. The van der Waals surface area contributed by atoms with Crippen LogP contribution in [0.25, 0.3) is 0 Å². The number of imide groups is 1. The van der Waals surface area contributed by atoms with Crippen LogP contribution in [0.2, 0.25) is 0 Å². The summed E-state index contributed by atoms with van der Waals surface area (Å²) in [5, 5.41) is 9.42. The summed E-state index contributed by atoms with van der Waals surface area (Å²) in [6.07, 6.45) is -2.20. The molecule has 0 aliphatic carbocycles. The molecule has 28 heavy (non-hydrogen) atoms. The molecule has 156 valence electrons.